The van der Waals surface area contributed by atoms with Gasteiger partial charge in [-0.1, -0.05) is 213 Å². The predicted octanol–water partition coefficient (Wildman–Crippen LogP) is 16.2. The van der Waals surface area contributed by atoms with E-state index >= 15 is 0 Å². The summed E-state index contributed by atoms with van der Waals surface area (Å²) in [4.78, 5) is 11.5. The molecule has 5 nitrogen and oxygen atoms in total. The maximum absolute atomic E-state index is 9.31. The fourth-order valence-electron chi connectivity index (χ4n) is 11.8. The third-order valence-electron chi connectivity index (χ3n) is 15.8. The van der Waals surface area contributed by atoms with Crippen LogP contribution in [-0.4, -0.2) is 13.1 Å². The van der Waals surface area contributed by atoms with E-state index < -0.39 is 26.2 Å². The molecule has 0 aliphatic carbocycles. The van der Waals surface area contributed by atoms with Crippen LogP contribution in [0.25, 0.3) is 33.4 Å². The first kappa shape index (κ1) is 46.2. The van der Waals surface area contributed by atoms with Gasteiger partial charge in [-0.2, -0.15) is 12.1 Å². The number of para-hydroxylation sites is 4. The van der Waals surface area contributed by atoms with E-state index in [9.17, 15) is 2.74 Å². The zero-order valence-corrected chi connectivity index (χ0v) is 49.2. The molecule has 394 valence electrons. The fraction of sp³-hybridized carbons (Fsp3) is 0.167. The van der Waals surface area contributed by atoms with Crippen LogP contribution in [0.1, 0.15) is 85.9 Å². The van der Waals surface area contributed by atoms with E-state index in [1.165, 1.54) is 37.4 Å². The number of pyridine rings is 1. The zero-order valence-electron chi connectivity index (χ0n) is 50.9. The van der Waals surface area contributed by atoms with Crippen LogP contribution in [0, 0.1) is 18.8 Å². The molecule has 4 heterocycles. The van der Waals surface area contributed by atoms with Gasteiger partial charge in [0, 0.05) is 72.6 Å². The standard InChI is InChI=1S/C72H63N4OSi.Pt/c1-70(2,3)50-39-40-73-68(44-50)76-62-33-17-20-36-66(62)78(64-34-18-13-27-58(64)59-28-14-19-35-65(59)78)67-38-37-55(46-63(67)76)77-54-26-21-25-53(45-54)74-47-75(61-32-16-15-31-60(61)74)69-56(48-23-11-10-12-24-48)29-22-30-57(69)49-41-51(71(4,5)6)43-52(42-49)72(7,8)9;/h10-44,47H,1-9H3;/q-3;/i10D,11D,12D,23D,24D;. The molecule has 0 amide bonds. The first-order valence-corrected chi connectivity index (χ1v) is 28.9. The second-order valence-electron chi connectivity index (χ2n) is 23.8. The van der Waals surface area contributed by atoms with Gasteiger partial charge in [-0.15, -0.1) is 47.9 Å². The molecule has 0 bridgehead atoms. The Morgan fingerprint density at radius 3 is 1.67 bits per heavy atom. The van der Waals surface area contributed by atoms with Crippen molar-refractivity contribution >= 4 is 68.8 Å². The summed E-state index contributed by atoms with van der Waals surface area (Å²) in [6.07, 6.45) is 1.91. The number of rotatable bonds is 7. The minimum absolute atomic E-state index is 0. The summed E-state index contributed by atoms with van der Waals surface area (Å²) in [7, 11) is -2.95. The second-order valence-corrected chi connectivity index (χ2v) is 27.4. The van der Waals surface area contributed by atoms with Crippen molar-refractivity contribution in [2.45, 2.75) is 78.6 Å². The molecule has 1 aromatic heterocycles. The van der Waals surface area contributed by atoms with Crippen molar-refractivity contribution in [2.75, 3.05) is 14.7 Å². The second kappa shape index (κ2) is 19.5. The van der Waals surface area contributed by atoms with Gasteiger partial charge in [-0.3, -0.25) is 0 Å². The maximum atomic E-state index is 9.31. The Morgan fingerprint density at radius 2 is 1.03 bits per heavy atom. The molecule has 9 aromatic carbocycles. The molecule has 13 rings (SSSR count). The monoisotopic (exact) mass is 1230 g/mol. The van der Waals surface area contributed by atoms with Crippen molar-refractivity contribution in [1.82, 2.24) is 4.98 Å². The third kappa shape index (κ3) is 8.76. The number of anilines is 7. The van der Waals surface area contributed by atoms with E-state index in [1.807, 2.05) is 55.3 Å². The van der Waals surface area contributed by atoms with Gasteiger partial charge in [-0.25, -0.2) is 4.98 Å². The molecule has 0 saturated heterocycles. The van der Waals surface area contributed by atoms with Gasteiger partial charge in [0.25, 0.3) is 0 Å². The maximum Gasteiger partial charge on any atom is 0.135 e. The molecule has 3 aliphatic heterocycles. The summed E-state index contributed by atoms with van der Waals surface area (Å²) in [5, 5.41) is 5.19. The van der Waals surface area contributed by atoms with Gasteiger partial charge >= 0.3 is 0 Å². The Hall–Kier alpha value is -7.76. The van der Waals surface area contributed by atoms with Gasteiger partial charge < -0.3 is 19.4 Å². The summed E-state index contributed by atoms with van der Waals surface area (Å²) >= 11 is 0. The van der Waals surface area contributed by atoms with Crippen molar-refractivity contribution in [3.8, 4) is 44.9 Å². The molecular weight excluding hydrogens is 1160 g/mol. The van der Waals surface area contributed by atoms with Gasteiger partial charge in [0.2, 0.25) is 0 Å². The van der Waals surface area contributed by atoms with Crippen LogP contribution in [0.4, 0.5) is 39.9 Å². The largest absolute Gasteiger partial charge is 0.509 e. The molecule has 1 spiro atoms. The van der Waals surface area contributed by atoms with Gasteiger partial charge in [0.1, 0.15) is 13.9 Å². The van der Waals surface area contributed by atoms with Crippen molar-refractivity contribution in [3.05, 3.63) is 248 Å². The Bertz CT molecular complexity index is 4190. The normalized spacial score (nSPS) is 14.9. The molecule has 0 radical (unpaired) electrons. The van der Waals surface area contributed by atoms with Crippen LogP contribution in [0.3, 0.4) is 0 Å². The zero-order chi connectivity index (χ0) is 58.1. The van der Waals surface area contributed by atoms with E-state index in [1.54, 1.807) is 0 Å². The van der Waals surface area contributed by atoms with Crippen LogP contribution < -0.4 is 40.2 Å². The number of benzene rings is 9. The number of hydrogen-bond acceptors (Lipinski definition) is 5. The summed E-state index contributed by atoms with van der Waals surface area (Å²) in [6, 6.07) is 67.7. The van der Waals surface area contributed by atoms with Crippen molar-refractivity contribution < 1.29 is 32.7 Å². The molecule has 0 N–H and O–H groups in total. The Balaban J connectivity index is 0.00000694. The first-order chi connectivity index (χ1) is 39.6. The molecular formula is C72H63N4OPtSi-3. The van der Waals surface area contributed by atoms with Crippen LogP contribution in [0.5, 0.6) is 11.5 Å². The molecule has 0 atom stereocenters. The van der Waals surface area contributed by atoms with E-state index in [4.69, 9.17) is 13.8 Å². The van der Waals surface area contributed by atoms with E-state index in [2.05, 4.69) is 223 Å². The summed E-state index contributed by atoms with van der Waals surface area (Å²) in [5.74, 6) is 1.81. The Morgan fingerprint density at radius 1 is 0.481 bits per heavy atom. The van der Waals surface area contributed by atoms with Crippen LogP contribution in [0.2, 0.25) is 0 Å². The van der Waals surface area contributed by atoms with E-state index in [0.29, 0.717) is 28.4 Å². The average Bonchev–Trinajstić information content (AvgIpc) is 1.83. The third-order valence-corrected chi connectivity index (χ3v) is 20.7. The first-order valence-electron chi connectivity index (χ1n) is 29.4. The quantitative estimate of drug-likeness (QED) is 0.117. The Labute approximate surface area is 489 Å². The fourth-order valence-corrected chi connectivity index (χ4v) is 17.3. The summed E-state index contributed by atoms with van der Waals surface area (Å²) in [6.45, 7) is 22.0. The summed E-state index contributed by atoms with van der Waals surface area (Å²) < 4.78 is 51.8. The minimum atomic E-state index is -2.95. The minimum Gasteiger partial charge on any atom is -0.509 e. The molecule has 10 aromatic rings. The molecule has 0 saturated carbocycles. The predicted molar refractivity (Wildman–Crippen MR) is 328 cm³/mol. The number of ether oxygens (including phenoxy) is 1. The van der Waals surface area contributed by atoms with Crippen molar-refractivity contribution in [1.29, 1.82) is 0 Å². The van der Waals surface area contributed by atoms with Gasteiger partial charge in [0.05, 0.1) is 6.85 Å². The number of hydrogen-bond donors (Lipinski definition) is 0. The average molecular weight is 1230 g/mol. The smallest absolute Gasteiger partial charge is 0.135 e. The topological polar surface area (TPSA) is 31.8 Å². The Kier molecular flexibility index (Phi) is 11.4. The van der Waals surface area contributed by atoms with Gasteiger partial charge in [-0.05, 0) is 101 Å². The van der Waals surface area contributed by atoms with E-state index in [-0.39, 0.29) is 55.0 Å². The van der Waals surface area contributed by atoms with Crippen molar-refractivity contribution in [3.63, 3.8) is 0 Å². The molecule has 3 aliphatic rings. The van der Waals surface area contributed by atoms with E-state index in [0.717, 1.165) is 50.8 Å². The number of aromatic nitrogens is 1. The van der Waals surface area contributed by atoms with Crippen LogP contribution in [-0.2, 0) is 37.3 Å². The van der Waals surface area contributed by atoms with Crippen LogP contribution >= 0.6 is 0 Å². The number of fused-ring (bicyclic) bond motifs is 10. The number of nitrogens with zero attached hydrogens (tertiary/aromatic N) is 4. The summed E-state index contributed by atoms with van der Waals surface area (Å²) in [5.41, 5.74) is 12.9. The molecule has 7 heteroatoms. The van der Waals surface area contributed by atoms with Crippen LogP contribution in [0.15, 0.2) is 212 Å². The SMILES string of the molecule is [2H]c1c([2H])c([2H])c(-c2cccc(-c3cc(C(C)(C)C)cc(C(C)(C)C)c3)c2N2[CH-]N(c3[c-]c(Oc4[c-]c5c(cc4)[Si]4(c6ccccc6-c6ccccc64)c4ccccc4N5c4cc(C(C)(C)C)ccn4)ccc3)c3ccccc32)c([2H])c1[2H].[Pt]. The van der Waals surface area contributed by atoms with Crippen molar-refractivity contribution in [2.24, 2.45) is 0 Å². The van der Waals surface area contributed by atoms with Gasteiger partial charge in [0.15, 0.2) is 0 Å². The molecule has 0 unspecified atom stereocenters. The molecule has 0 fully saturated rings. The molecule has 79 heavy (non-hydrogen) atoms.